The molecular formula is C14H27N3O4S. The van der Waals surface area contributed by atoms with Gasteiger partial charge in [0.05, 0.1) is 13.0 Å². The van der Waals surface area contributed by atoms with Crippen LogP contribution in [-0.2, 0) is 19.7 Å². The molecule has 7 nitrogen and oxygen atoms in total. The maximum absolute atomic E-state index is 12.4. The SMILES string of the molecule is COC(=O)C1CCN(S(=O)(=O)NCC2(N)CCCCC2)CC1. The first kappa shape index (κ1) is 17.7. The third-order valence-electron chi connectivity index (χ3n) is 4.78. The highest BCUT2D eigenvalue weighted by Crippen LogP contribution is 2.26. The minimum atomic E-state index is -3.53. The molecule has 0 unspecified atom stereocenters. The third-order valence-corrected chi connectivity index (χ3v) is 6.34. The number of esters is 1. The van der Waals surface area contributed by atoms with Crippen molar-refractivity contribution in [2.24, 2.45) is 11.7 Å². The highest BCUT2D eigenvalue weighted by molar-refractivity contribution is 7.87. The fourth-order valence-electron chi connectivity index (χ4n) is 3.26. The summed E-state index contributed by atoms with van der Waals surface area (Å²) in [6.07, 6.45) is 6.01. The van der Waals surface area contributed by atoms with E-state index in [-0.39, 0.29) is 18.4 Å². The first-order valence-electron chi connectivity index (χ1n) is 7.98. The monoisotopic (exact) mass is 333 g/mol. The maximum Gasteiger partial charge on any atom is 0.308 e. The Labute approximate surface area is 132 Å². The summed E-state index contributed by atoms with van der Waals surface area (Å²) in [5.41, 5.74) is 5.85. The van der Waals surface area contributed by atoms with E-state index in [1.807, 2.05) is 0 Å². The molecule has 0 amide bonds. The molecule has 128 valence electrons. The Morgan fingerprint density at radius 3 is 2.41 bits per heavy atom. The van der Waals surface area contributed by atoms with Gasteiger partial charge in [0, 0.05) is 25.2 Å². The second-order valence-corrected chi connectivity index (χ2v) is 8.20. The standard InChI is InChI=1S/C14H27N3O4S/c1-21-13(18)12-5-9-17(10-6-12)22(19,20)16-11-14(15)7-3-2-4-8-14/h12,16H,2-11,15H2,1H3. The number of nitrogens with two attached hydrogens (primary N) is 1. The largest absolute Gasteiger partial charge is 0.469 e. The lowest BCUT2D eigenvalue weighted by Gasteiger charge is -2.35. The van der Waals surface area contributed by atoms with E-state index in [0.29, 0.717) is 25.9 Å². The zero-order valence-electron chi connectivity index (χ0n) is 13.2. The van der Waals surface area contributed by atoms with E-state index in [2.05, 4.69) is 4.72 Å². The summed E-state index contributed by atoms with van der Waals surface area (Å²) in [6, 6.07) is 0. The Balaban J connectivity index is 1.85. The van der Waals surface area contributed by atoms with Gasteiger partial charge in [-0.05, 0) is 25.7 Å². The summed E-state index contributed by atoms with van der Waals surface area (Å²) >= 11 is 0. The normalized spacial score (nSPS) is 24.1. The molecule has 2 aliphatic rings. The van der Waals surface area contributed by atoms with Crippen LogP contribution in [0.1, 0.15) is 44.9 Å². The lowest BCUT2D eigenvalue weighted by atomic mass is 9.83. The first-order valence-corrected chi connectivity index (χ1v) is 9.42. The third kappa shape index (κ3) is 4.41. The summed E-state index contributed by atoms with van der Waals surface area (Å²) in [5, 5.41) is 0. The predicted octanol–water partition coefficient (Wildman–Crippen LogP) is 0.367. The molecule has 1 aliphatic heterocycles. The van der Waals surface area contributed by atoms with Crippen molar-refractivity contribution in [3.8, 4) is 0 Å². The number of rotatable bonds is 5. The smallest absolute Gasteiger partial charge is 0.308 e. The Kier molecular flexibility index (Phi) is 5.81. The zero-order valence-corrected chi connectivity index (χ0v) is 14.0. The molecule has 0 aromatic heterocycles. The number of piperidine rings is 1. The minimum absolute atomic E-state index is 0.198. The average Bonchev–Trinajstić information content (AvgIpc) is 2.53. The lowest BCUT2D eigenvalue weighted by molar-refractivity contribution is -0.146. The number of methoxy groups -OCH3 is 1. The van der Waals surface area contributed by atoms with Crippen LogP contribution in [0.5, 0.6) is 0 Å². The lowest BCUT2D eigenvalue weighted by Crippen LogP contribution is -2.54. The summed E-state index contributed by atoms with van der Waals surface area (Å²) in [6.45, 7) is 0.964. The van der Waals surface area contributed by atoms with E-state index in [1.54, 1.807) is 0 Å². The van der Waals surface area contributed by atoms with Gasteiger partial charge in [0.25, 0.3) is 10.2 Å². The summed E-state index contributed by atoms with van der Waals surface area (Å²) in [7, 11) is -2.17. The van der Waals surface area contributed by atoms with Crippen LogP contribution in [-0.4, -0.2) is 51.0 Å². The van der Waals surface area contributed by atoms with Gasteiger partial charge < -0.3 is 10.5 Å². The Morgan fingerprint density at radius 2 is 1.86 bits per heavy atom. The van der Waals surface area contributed by atoms with Gasteiger partial charge >= 0.3 is 5.97 Å². The minimum Gasteiger partial charge on any atom is -0.469 e. The van der Waals surface area contributed by atoms with Crippen molar-refractivity contribution in [3.63, 3.8) is 0 Å². The van der Waals surface area contributed by atoms with Crippen LogP contribution >= 0.6 is 0 Å². The van der Waals surface area contributed by atoms with Crippen molar-refractivity contribution >= 4 is 16.2 Å². The van der Waals surface area contributed by atoms with E-state index < -0.39 is 15.7 Å². The molecule has 1 saturated heterocycles. The number of ether oxygens (including phenoxy) is 1. The second kappa shape index (κ2) is 7.25. The van der Waals surface area contributed by atoms with E-state index in [1.165, 1.54) is 17.8 Å². The molecule has 3 N–H and O–H groups in total. The summed E-state index contributed by atoms with van der Waals surface area (Å²) in [5.74, 6) is -0.455. The van der Waals surface area contributed by atoms with Gasteiger partial charge in [-0.2, -0.15) is 12.7 Å². The van der Waals surface area contributed by atoms with Crippen molar-refractivity contribution in [1.82, 2.24) is 9.03 Å². The number of nitrogens with one attached hydrogen (secondary N) is 1. The fraction of sp³-hybridized carbons (Fsp3) is 0.929. The summed E-state index contributed by atoms with van der Waals surface area (Å²) < 4.78 is 33.5. The molecule has 1 aliphatic carbocycles. The Bertz CT molecular complexity index is 480. The molecule has 0 radical (unpaired) electrons. The Morgan fingerprint density at radius 1 is 1.27 bits per heavy atom. The topological polar surface area (TPSA) is 102 Å². The van der Waals surface area contributed by atoms with Crippen LogP contribution in [0.3, 0.4) is 0 Å². The molecule has 0 bridgehead atoms. The Hall–Kier alpha value is -0.700. The van der Waals surface area contributed by atoms with Gasteiger partial charge in [-0.1, -0.05) is 19.3 Å². The van der Waals surface area contributed by atoms with Gasteiger partial charge in [-0.15, -0.1) is 0 Å². The van der Waals surface area contributed by atoms with Crippen LogP contribution in [0.25, 0.3) is 0 Å². The van der Waals surface area contributed by atoms with Crippen molar-refractivity contribution in [2.75, 3.05) is 26.7 Å². The molecule has 2 rings (SSSR count). The average molecular weight is 333 g/mol. The van der Waals surface area contributed by atoms with Crippen molar-refractivity contribution < 1.29 is 17.9 Å². The molecule has 22 heavy (non-hydrogen) atoms. The molecule has 0 atom stereocenters. The van der Waals surface area contributed by atoms with E-state index in [9.17, 15) is 13.2 Å². The number of carbonyl (C=O) groups is 1. The number of carbonyl (C=O) groups excluding carboxylic acids is 1. The predicted molar refractivity (Wildman–Crippen MR) is 83.2 cm³/mol. The van der Waals surface area contributed by atoms with Crippen LogP contribution in [0.15, 0.2) is 0 Å². The van der Waals surface area contributed by atoms with Gasteiger partial charge in [-0.25, -0.2) is 4.72 Å². The molecule has 8 heteroatoms. The van der Waals surface area contributed by atoms with Crippen LogP contribution in [0.4, 0.5) is 0 Å². The molecule has 0 aromatic rings. The van der Waals surface area contributed by atoms with E-state index in [0.717, 1.165) is 25.7 Å². The first-order chi connectivity index (χ1) is 10.4. The summed E-state index contributed by atoms with van der Waals surface area (Å²) in [4.78, 5) is 11.5. The number of hydrogen-bond donors (Lipinski definition) is 2. The van der Waals surface area contributed by atoms with Gasteiger partial charge in [0.1, 0.15) is 0 Å². The zero-order chi connectivity index (χ0) is 16.2. The van der Waals surface area contributed by atoms with Gasteiger partial charge in [-0.3, -0.25) is 4.79 Å². The highest BCUT2D eigenvalue weighted by atomic mass is 32.2. The number of nitrogens with zero attached hydrogens (tertiary/aromatic N) is 1. The fourth-order valence-corrected chi connectivity index (χ4v) is 4.60. The van der Waals surface area contributed by atoms with E-state index >= 15 is 0 Å². The van der Waals surface area contributed by atoms with Gasteiger partial charge in [0.2, 0.25) is 0 Å². The molecule has 2 fully saturated rings. The number of hydrogen-bond acceptors (Lipinski definition) is 5. The quantitative estimate of drug-likeness (QED) is 0.708. The molecule has 1 saturated carbocycles. The van der Waals surface area contributed by atoms with Crippen LogP contribution in [0.2, 0.25) is 0 Å². The molecule has 1 heterocycles. The van der Waals surface area contributed by atoms with Crippen LogP contribution in [0, 0.1) is 5.92 Å². The van der Waals surface area contributed by atoms with Crippen molar-refractivity contribution in [2.45, 2.75) is 50.5 Å². The van der Waals surface area contributed by atoms with E-state index in [4.69, 9.17) is 10.5 Å². The van der Waals surface area contributed by atoms with Crippen molar-refractivity contribution in [3.05, 3.63) is 0 Å². The molecule has 0 spiro atoms. The molecular weight excluding hydrogens is 306 g/mol. The molecule has 0 aromatic carbocycles. The highest BCUT2D eigenvalue weighted by Gasteiger charge is 2.34. The van der Waals surface area contributed by atoms with Crippen molar-refractivity contribution in [1.29, 1.82) is 0 Å². The van der Waals surface area contributed by atoms with Crippen LogP contribution < -0.4 is 10.5 Å². The van der Waals surface area contributed by atoms with Gasteiger partial charge in [0.15, 0.2) is 0 Å². The maximum atomic E-state index is 12.4. The second-order valence-electron chi connectivity index (χ2n) is 6.45.